The Labute approximate surface area is 170 Å². The molecule has 0 radical (unpaired) electrons. The zero-order chi connectivity index (χ0) is 20.6. The highest BCUT2D eigenvalue weighted by Crippen LogP contribution is 2.16. The van der Waals surface area contributed by atoms with Crippen molar-refractivity contribution in [3.05, 3.63) is 77.7 Å². The number of H-pyrrole nitrogens is 1. The van der Waals surface area contributed by atoms with Gasteiger partial charge in [0.25, 0.3) is 0 Å². The molecule has 0 unspecified atom stereocenters. The molecule has 1 heterocycles. The quantitative estimate of drug-likeness (QED) is 0.427. The van der Waals surface area contributed by atoms with Gasteiger partial charge in [-0.25, -0.2) is 9.98 Å². The third-order valence-corrected chi connectivity index (χ3v) is 4.45. The highest BCUT2D eigenvalue weighted by Gasteiger charge is 2.10. The highest BCUT2D eigenvalue weighted by molar-refractivity contribution is 5.92. The lowest BCUT2D eigenvalue weighted by Gasteiger charge is -2.21. The number of imidazole rings is 1. The van der Waals surface area contributed by atoms with Crippen molar-refractivity contribution < 1.29 is 4.79 Å². The Kier molecular flexibility index (Phi) is 6.63. The van der Waals surface area contributed by atoms with Crippen LogP contribution in [0.25, 0.3) is 11.3 Å². The summed E-state index contributed by atoms with van der Waals surface area (Å²) >= 11 is 0. The van der Waals surface area contributed by atoms with Gasteiger partial charge in [-0.3, -0.25) is 4.79 Å². The lowest BCUT2D eigenvalue weighted by atomic mass is 10.1. The first-order chi connectivity index (χ1) is 14.1. The summed E-state index contributed by atoms with van der Waals surface area (Å²) in [5, 5.41) is 3.30. The first kappa shape index (κ1) is 20.1. The molecule has 3 rings (SSSR count). The Hall–Kier alpha value is -3.61. The molecule has 4 N–H and O–H groups in total. The molecule has 0 aliphatic carbocycles. The number of nitrogens with two attached hydrogens (primary N) is 1. The van der Waals surface area contributed by atoms with Crippen LogP contribution in [0, 0.1) is 0 Å². The van der Waals surface area contributed by atoms with Crippen molar-refractivity contribution in [2.75, 3.05) is 13.6 Å². The Morgan fingerprint density at radius 2 is 1.90 bits per heavy atom. The molecule has 1 aromatic heterocycles. The Morgan fingerprint density at radius 1 is 1.17 bits per heavy atom. The molecular weight excluding hydrogens is 364 g/mol. The summed E-state index contributed by atoms with van der Waals surface area (Å²) in [6.45, 7) is 3.89. The van der Waals surface area contributed by atoms with E-state index in [0.29, 0.717) is 18.7 Å². The van der Waals surface area contributed by atoms with Crippen LogP contribution >= 0.6 is 0 Å². The molecule has 2 aromatic carbocycles. The second-order valence-electron chi connectivity index (χ2n) is 6.70. The van der Waals surface area contributed by atoms with Crippen LogP contribution in [0.3, 0.4) is 0 Å². The van der Waals surface area contributed by atoms with Crippen molar-refractivity contribution in [2.24, 2.45) is 10.7 Å². The fraction of sp³-hybridized carbons (Fsp3) is 0.227. The van der Waals surface area contributed by atoms with Crippen molar-refractivity contribution in [2.45, 2.75) is 20.0 Å². The molecule has 0 spiro atoms. The lowest BCUT2D eigenvalue weighted by molar-refractivity contribution is 0.100. The van der Waals surface area contributed by atoms with E-state index in [1.165, 1.54) is 0 Å². The number of aliphatic imine (C=N–C) groups is 1. The number of guanidine groups is 1. The van der Waals surface area contributed by atoms with Gasteiger partial charge in [-0.2, -0.15) is 0 Å². The number of rotatable bonds is 7. The Morgan fingerprint density at radius 3 is 2.55 bits per heavy atom. The van der Waals surface area contributed by atoms with Crippen molar-refractivity contribution in [1.82, 2.24) is 20.2 Å². The van der Waals surface area contributed by atoms with E-state index in [0.717, 1.165) is 35.1 Å². The van der Waals surface area contributed by atoms with Crippen molar-refractivity contribution in [3.63, 3.8) is 0 Å². The summed E-state index contributed by atoms with van der Waals surface area (Å²) in [6.07, 6.45) is 1.85. The van der Waals surface area contributed by atoms with Gasteiger partial charge in [0.15, 0.2) is 5.96 Å². The van der Waals surface area contributed by atoms with Gasteiger partial charge in [0, 0.05) is 19.2 Å². The molecule has 0 aliphatic rings. The average molecular weight is 390 g/mol. The standard InChI is InChI=1S/C22H26N6O/c1-3-24-22(26-13-16-9-11-18(12-10-16)21(23)29)28(2)15-20-25-14-19(27-20)17-7-5-4-6-8-17/h4-12,14H,3,13,15H2,1-2H3,(H2,23,29)(H,24,26)(H,25,27). The molecule has 7 heteroatoms. The van der Waals surface area contributed by atoms with E-state index >= 15 is 0 Å². The molecule has 0 saturated heterocycles. The van der Waals surface area contributed by atoms with Crippen molar-refractivity contribution in [1.29, 1.82) is 0 Å². The molecule has 0 bridgehead atoms. The largest absolute Gasteiger partial charge is 0.366 e. The number of aromatic nitrogens is 2. The minimum absolute atomic E-state index is 0.429. The Balaban J connectivity index is 1.67. The van der Waals surface area contributed by atoms with E-state index in [1.54, 1.807) is 12.1 Å². The van der Waals surface area contributed by atoms with Crippen LogP contribution in [0.4, 0.5) is 0 Å². The average Bonchev–Trinajstić information content (AvgIpc) is 3.20. The van der Waals surface area contributed by atoms with E-state index in [1.807, 2.05) is 55.4 Å². The molecule has 150 valence electrons. The third-order valence-electron chi connectivity index (χ3n) is 4.45. The molecular formula is C22H26N6O. The van der Waals surface area contributed by atoms with Gasteiger partial charge < -0.3 is 20.9 Å². The summed E-state index contributed by atoms with van der Waals surface area (Å²) < 4.78 is 0. The van der Waals surface area contributed by atoms with Gasteiger partial charge in [0.1, 0.15) is 5.82 Å². The van der Waals surface area contributed by atoms with Crippen LogP contribution in [-0.2, 0) is 13.1 Å². The first-order valence-corrected chi connectivity index (χ1v) is 9.54. The van der Waals surface area contributed by atoms with Gasteiger partial charge in [-0.15, -0.1) is 0 Å². The zero-order valence-electron chi connectivity index (χ0n) is 16.7. The molecule has 0 atom stereocenters. The number of hydrogen-bond acceptors (Lipinski definition) is 3. The number of amides is 1. The fourth-order valence-electron chi connectivity index (χ4n) is 2.92. The topological polar surface area (TPSA) is 99.4 Å². The number of nitrogens with one attached hydrogen (secondary N) is 2. The van der Waals surface area contributed by atoms with E-state index in [-0.39, 0.29) is 0 Å². The number of aromatic amines is 1. The predicted molar refractivity (Wildman–Crippen MR) is 115 cm³/mol. The van der Waals surface area contributed by atoms with Crippen LogP contribution in [-0.4, -0.2) is 40.3 Å². The number of hydrogen-bond donors (Lipinski definition) is 3. The van der Waals surface area contributed by atoms with Crippen molar-refractivity contribution in [3.8, 4) is 11.3 Å². The normalized spacial score (nSPS) is 11.3. The third kappa shape index (κ3) is 5.44. The molecule has 1 amide bonds. The van der Waals surface area contributed by atoms with Crippen molar-refractivity contribution >= 4 is 11.9 Å². The lowest BCUT2D eigenvalue weighted by Crippen LogP contribution is -2.38. The van der Waals surface area contributed by atoms with Gasteiger partial charge in [0.2, 0.25) is 5.91 Å². The van der Waals surface area contributed by atoms with Crippen LogP contribution < -0.4 is 11.1 Å². The maximum atomic E-state index is 11.2. The van der Waals surface area contributed by atoms with E-state index in [4.69, 9.17) is 10.7 Å². The number of carbonyl (C=O) groups excluding carboxylic acids is 1. The molecule has 29 heavy (non-hydrogen) atoms. The second-order valence-corrected chi connectivity index (χ2v) is 6.70. The highest BCUT2D eigenvalue weighted by atomic mass is 16.1. The molecule has 3 aromatic rings. The Bertz CT molecular complexity index is 962. The maximum absolute atomic E-state index is 11.2. The molecule has 0 aliphatic heterocycles. The van der Waals surface area contributed by atoms with Crippen LogP contribution in [0.1, 0.15) is 28.7 Å². The zero-order valence-corrected chi connectivity index (χ0v) is 16.7. The smallest absolute Gasteiger partial charge is 0.248 e. The summed E-state index contributed by atoms with van der Waals surface area (Å²) in [4.78, 5) is 25.8. The van der Waals surface area contributed by atoms with Gasteiger partial charge in [0.05, 0.1) is 25.0 Å². The summed E-state index contributed by atoms with van der Waals surface area (Å²) in [5.41, 5.74) is 8.88. The van der Waals surface area contributed by atoms with E-state index in [9.17, 15) is 4.79 Å². The van der Waals surface area contributed by atoms with Gasteiger partial charge in [-0.05, 0) is 30.2 Å². The van der Waals surface area contributed by atoms with Gasteiger partial charge >= 0.3 is 0 Å². The van der Waals surface area contributed by atoms with E-state index in [2.05, 4.69) is 27.4 Å². The van der Waals surface area contributed by atoms with Crippen LogP contribution in [0.2, 0.25) is 0 Å². The summed E-state index contributed by atoms with van der Waals surface area (Å²) in [7, 11) is 1.97. The SMILES string of the molecule is CCNC(=NCc1ccc(C(N)=O)cc1)N(C)Cc1ncc(-c2ccccc2)[nH]1. The number of primary amides is 1. The molecule has 0 fully saturated rings. The summed E-state index contributed by atoms with van der Waals surface area (Å²) in [5.74, 6) is 1.22. The van der Waals surface area contributed by atoms with Gasteiger partial charge in [-0.1, -0.05) is 42.5 Å². The van der Waals surface area contributed by atoms with Crippen LogP contribution in [0.15, 0.2) is 65.8 Å². The predicted octanol–water partition coefficient (Wildman–Crippen LogP) is 2.77. The number of nitrogens with zero attached hydrogens (tertiary/aromatic N) is 3. The molecule has 7 nitrogen and oxygen atoms in total. The number of benzene rings is 2. The van der Waals surface area contributed by atoms with E-state index < -0.39 is 5.91 Å². The summed E-state index contributed by atoms with van der Waals surface area (Å²) in [6, 6.07) is 17.3. The number of carbonyl (C=O) groups is 1. The monoisotopic (exact) mass is 390 g/mol. The fourth-order valence-corrected chi connectivity index (χ4v) is 2.92. The minimum Gasteiger partial charge on any atom is -0.366 e. The molecule has 0 saturated carbocycles. The minimum atomic E-state index is -0.429. The maximum Gasteiger partial charge on any atom is 0.248 e. The first-order valence-electron chi connectivity index (χ1n) is 9.54. The second kappa shape index (κ2) is 9.54. The van der Waals surface area contributed by atoms with Crippen LogP contribution in [0.5, 0.6) is 0 Å².